The van der Waals surface area contributed by atoms with Crippen LogP contribution in [0.1, 0.15) is 35.2 Å². The zero-order valence-electron chi connectivity index (χ0n) is 10.9. The van der Waals surface area contributed by atoms with E-state index >= 15 is 0 Å². The normalized spacial score (nSPS) is 12.7. The summed E-state index contributed by atoms with van der Waals surface area (Å²) in [5.41, 5.74) is 4.94. The van der Waals surface area contributed by atoms with Crippen LogP contribution in [0.25, 0.3) is 0 Å². The van der Waals surface area contributed by atoms with Gasteiger partial charge in [-0.15, -0.1) is 0 Å². The van der Waals surface area contributed by atoms with Gasteiger partial charge in [0.15, 0.2) is 0 Å². The highest BCUT2D eigenvalue weighted by molar-refractivity contribution is 9.10. The minimum atomic E-state index is 0.283. The lowest BCUT2D eigenvalue weighted by atomic mass is 9.95. The van der Waals surface area contributed by atoms with Crippen LogP contribution in [0.3, 0.4) is 0 Å². The van der Waals surface area contributed by atoms with Gasteiger partial charge in [-0.05, 0) is 51.4 Å². The van der Waals surface area contributed by atoms with Crippen LogP contribution in [0.2, 0.25) is 0 Å². The fraction of sp³-hybridized carbons (Fsp3) is 0.538. The number of benzene rings is 1. The Labute approximate surface area is 107 Å². The summed E-state index contributed by atoms with van der Waals surface area (Å²) in [6.07, 6.45) is 0. The first-order valence-electron chi connectivity index (χ1n) is 5.46. The first-order valence-corrected chi connectivity index (χ1v) is 6.25. The summed E-state index contributed by atoms with van der Waals surface area (Å²) < 4.78 is 6.74. The first kappa shape index (κ1) is 13.5. The second kappa shape index (κ2) is 5.19. The third-order valence-corrected chi connectivity index (χ3v) is 4.47. The lowest BCUT2D eigenvalue weighted by Gasteiger charge is -2.22. The van der Waals surface area contributed by atoms with Gasteiger partial charge in [-0.2, -0.15) is 0 Å². The van der Waals surface area contributed by atoms with E-state index in [1.807, 2.05) is 7.05 Å². The molecule has 0 aliphatic carbocycles. The Morgan fingerprint density at radius 1 is 1.12 bits per heavy atom. The third-order valence-electron chi connectivity index (χ3n) is 3.28. The average molecular weight is 286 g/mol. The smallest absolute Gasteiger partial charge is 0.127 e. The number of halogens is 1. The van der Waals surface area contributed by atoms with Crippen LogP contribution in [-0.4, -0.2) is 14.2 Å². The molecule has 0 saturated heterocycles. The van der Waals surface area contributed by atoms with Crippen molar-refractivity contribution in [2.75, 3.05) is 14.2 Å². The largest absolute Gasteiger partial charge is 0.496 e. The van der Waals surface area contributed by atoms with Gasteiger partial charge in [0.25, 0.3) is 0 Å². The predicted octanol–water partition coefficient (Wildman–Crippen LogP) is 3.66. The molecule has 90 valence electrons. The monoisotopic (exact) mass is 285 g/mol. The Bertz CT molecular complexity index is 402. The molecule has 0 aliphatic rings. The van der Waals surface area contributed by atoms with E-state index in [0.29, 0.717) is 0 Å². The quantitative estimate of drug-likeness (QED) is 0.915. The summed E-state index contributed by atoms with van der Waals surface area (Å²) >= 11 is 3.66. The number of nitrogens with one attached hydrogen (secondary N) is 1. The molecule has 1 unspecified atom stereocenters. The van der Waals surface area contributed by atoms with Gasteiger partial charge in [-0.1, -0.05) is 15.9 Å². The maximum Gasteiger partial charge on any atom is 0.127 e. The van der Waals surface area contributed by atoms with E-state index < -0.39 is 0 Å². The summed E-state index contributed by atoms with van der Waals surface area (Å²) in [4.78, 5) is 0. The zero-order valence-corrected chi connectivity index (χ0v) is 12.4. The Morgan fingerprint density at radius 2 is 1.69 bits per heavy atom. The molecule has 0 spiro atoms. The Kier molecular flexibility index (Phi) is 4.39. The Hall–Kier alpha value is -0.540. The number of hydrogen-bond acceptors (Lipinski definition) is 2. The SMILES string of the molecule is CNC(C)c1c(C)c(Br)c(C)c(C)c1OC. The molecule has 1 rings (SSSR count). The second-order valence-electron chi connectivity index (χ2n) is 4.15. The molecule has 2 nitrogen and oxygen atoms in total. The summed E-state index contributed by atoms with van der Waals surface area (Å²) in [5.74, 6) is 1.00. The maximum absolute atomic E-state index is 5.55. The molecule has 1 aromatic carbocycles. The van der Waals surface area contributed by atoms with Crippen molar-refractivity contribution in [3.63, 3.8) is 0 Å². The maximum atomic E-state index is 5.55. The van der Waals surface area contributed by atoms with E-state index in [1.54, 1.807) is 7.11 Å². The van der Waals surface area contributed by atoms with Crippen molar-refractivity contribution in [1.29, 1.82) is 0 Å². The lowest BCUT2D eigenvalue weighted by Crippen LogP contribution is -2.16. The van der Waals surface area contributed by atoms with Crippen LogP contribution >= 0.6 is 15.9 Å². The Balaban J connectivity index is 3.57. The molecule has 0 aromatic heterocycles. The first-order chi connectivity index (χ1) is 7.45. The van der Waals surface area contributed by atoms with Gasteiger partial charge in [0.2, 0.25) is 0 Å². The summed E-state index contributed by atoms with van der Waals surface area (Å²) in [5, 5.41) is 3.27. The van der Waals surface area contributed by atoms with Crippen molar-refractivity contribution in [1.82, 2.24) is 5.32 Å². The van der Waals surface area contributed by atoms with Crippen molar-refractivity contribution in [3.8, 4) is 5.75 Å². The molecule has 0 saturated carbocycles. The van der Waals surface area contributed by atoms with E-state index in [0.717, 1.165) is 5.75 Å². The van der Waals surface area contributed by atoms with Crippen molar-refractivity contribution in [3.05, 3.63) is 26.7 Å². The van der Waals surface area contributed by atoms with Crippen LogP contribution in [0.15, 0.2) is 4.47 Å². The van der Waals surface area contributed by atoms with Gasteiger partial charge in [0, 0.05) is 16.1 Å². The third kappa shape index (κ3) is 2.11. The molecule has 0 amide bonds. The zero-order chi connectivity index (χ0) is 12.5. The number of ether oxygens (including phenoxy) is 1. The van der Waals surface area contributed by atoms with Gasteiger partial charge in [0.05, 0.1) is 7.11 Å². The van der Waals surface area contributed by atoms with E-state index in [-0.39, 0.29) is 6.04 Å². The molecular weight excluding hydrogens is 266 g/mol. The van der Waals surface area contributed by atoms with Gasteiger partial charge < -0.3 is 10.1 Å². The molecular formula is C13H20BrNO. The van der Waals surface area contributed by atoms with Crippen LogP contribution in [-0.2, 0) is 0 Å². The molecule has 0 bridgehead atoms. The van der Waals surface area contributed by atoms with E-state index in [1.165, 1.54) is 26.7 Å². The molecule has 0 fully saturated rings. The molecule has 1 aromatic rings. The molecule has 16 heavy (non-hydrogen) atoms. The van der Waals surface area contributed by atoms with Crippen molar-refractivity contribution in [2.45, 2.75) is 33.7 Å². The minimum Gasteiger partial charge on any atom is -0.496 e. The van der Waals surface area contributed by atoms with E-state index in [4.69, 9.17) is 4.74 Å². The van der Waals surface area contributed by atoms with Crippen LogP contribution in [0.4, 0.5) is 0 Å². The van der Waals surface area contributed by atoms with E-state index in [9.17, 15) is 0 Å². The van der Waals surface area contributed by atoms with Gasteiger partial charge in [0.1, 0.15) is 5.75 Å². The highest BCUT2D eigenvalue weighted by atomic mass is 79.9. The fourth-order valence-corrected chi connectivity index (χ4v) is 2.55. The number of rotatable bonds is 3. The average Bonchev–Trinajstić information content (AvgIpc) is 2.29. The number of methoxy groups -OCH3 is 1. The molecule has 0 radical (unpaired) electrons. The highest BCUT2D eigenvalue weighted by Gasteiger charge is 2.19. The fourth-order valence-electron chi connectivity index (χ4n) is 2.04. The van der Waals surface area contributed by atoms with Crippen LogP contribution < -0.4 is 10.1 Å². The number of hydrogen-bond donors (Lipinski definition) is 1. The summed E-state index contributed by atoms with van der Waals surface area (Å²) in [6.45, 7) is 8.49. The van der Waals surface area contributed by atoms with Crippen molar-refractivity contribution < 1.29 is 4.74 Å². The molecule has 3 heteroatoms. The molecule has 0 heterocycles. The summed E-state index contributed by atoms with van der Waals surface area (Å²) in [6, 6.07) is 0.283. The van der Waals surface area contributed by atoms with Gasteiger partial charge in [-0.3, -0.25) is 0 Å². The van der Waals surface area contributed by atoms with Crippen LogP contribution in [0.5, 0.6) is 5.75 Å². The standard InChI is InChI=1S/C13H20BrNO/c1-7-8(2)13(16-6)11(10(4)15-5)9(3)12(7)14/h10,15H,1-6H3. The minimum absolute atomic E-state index is 0.283. The highest BCUT2D eigenvalue weighted by Crippen LogP contribution is 2.38. The molecule has 1 N–H and O–H groups in total. The van der Waals surface area contributed by atoms with Crippen LogP contribution in [0, 0.1) is 20.8 Å². The topological polar surface area (TPSA) is 21.3 Å². The summed E-state index contributed by atoms with van der Waals surface area (Å²) in [7, 11) is 3.70. The Morgan fingerprint density at radius 3 is 2.12 bits per heavy atom. The lowest BCUT2D eigenvalue weighted by molar-refractivity contribution is 0.399. The predicted molar refractivity (Wildman–Crippen MR) is 72.4 cm³/mol. The molecule has 1 atom stereocenters. The van der Waals surface area contributed by atoms with Crippen molar-refractivity contribution in [2.24, 2.45) is 0 Å². The second-order valence-corrected chi connectivity index (χ2v) is 4.94. The van der Waals surface area contributed by atoms with E-state index in [2.05, 4.69) is 48.9 Å². The van der Waals surface area contributed by atoms with Gasteiger partial charge >= 0.3 is 0 Å². The van der Waals surface area contributed by atoms with Gasteiger partial charge in [-0.25, -0.2) is 0 Å². The van der Waals surface area contributed by atoms with Crippen molar-refractivity contribution >= 4 is 15.9 Å². The molecule has 0 aliphatic heterocycles.